The third kappa shape index (κ3) is 2.91. The van der Waals surface area contributed by atoms with Gasteiger partial charge in [-0.25, -0.2) is 9.97 Å². The normalized spacial score (nSPS) is 18.2. The van der Waals surface area contributed by atoms with E-state index in [2.05, 4.69) is 69.0 Å². The van der Waals surface area contributed by atoms with Gasteiger partial charge in [0.15, 0.2) is 5.82 Å². The van der Waals surface area contributed by atoms with Crippen LogP contribution in [0.3, 0.4) is 0 Å². The number of anilines is 2. The van der Waals surface area contributed by atoms with Crippen molar-refractivity contribution in [1.29, 1.82) is 0 Å². The first-order valence-electron chi connectivity index (χ1n) is 9.87. The van der Waals surface area contributed by atoms with E-state index in [1.807, 2.05) is 30.5 Å². The molecule has 29 heavy (non-hydrogen) atoms. The summed E-state index contributed by atoms with van der Waals surface area (Å²) in [6, 6.07) is 24.9. The Balaban J connectivity index is 1.26. The van der Waals surface area contributed by atoms with Gasteiger partial charge in [-0.15, -0.1) is 0 Å². The van der Waals surface area contributed by atoms with Crippen LogP contribution in [-0.4, -0.2) is 20.2 Å². The molecule has 5 aromatic rings. The van der Waals surface area contributed by atoms with Crippen LogP contribution >= 0.6 is 0 Å². The maximum absolute atomic E-state index is 4.84. The van der Waals surface area contributed by atoms with Crippen molar-refractivity contribution in [3.05, 3.63) is 90.4 Å². The second kappa shape index (κ2) is 6.41. The predicted octanol–water partition coefficient (Wildman–Crippen LogP) is 5.52. The van der Waals surface area contributed by atoms with Gasteiger partial charge >= 0.3 is 0 Å². The average molecular weight is 377 g/mol. The second-order valence-corrected chi connectivity index (χ2v) is 7.60. The largest absolute Gasteiger partial charge is 0.338 e. The summed E-state index contributed by atoms with van der Waals surface area (Å²) < 4.78 is 0. The molecule has 2 aromatic heterocycles. The van der Waals surface area contributed by atoms with Gasteiger partial charge in [-0.2, -0.15) is 5.10 Å². The Morgan fingerprint density at radius 3 is 2.69 bits per heavy atom. The van der Waals surface area contributed by atoms with E-state index in [0.29, 0.717) is 11.8 Å². The van der Waals surface area contributed by atoms with Gasteiger partial charge in [0, 0.05) is 28.6 Å². The fraction of sp³-hybridized carbons (Fsp3) is 0.125. The molecule has 0 radical (unpaired) electrons. The number of aromatic nitrogens is 4. The van der Waals surface area contributed by atoms with E-state index in [0.717, 1.165) is 45.6 Å². The summed E-state index contributed by atoms with van der Waals surface area (Å²) in [5, 5.41) is 12.9. The molecule has 5 nitrogen and oxygen atoms in total. The third-order valence-corrected chi connectivity index (χ3v) is 5.68. The summed E-state index contributed by atoms with van der Waals surface area (Å²) in [6.45, 7) is 0. The summed E-state index contributed by atoms with van der Waals surface area (Å²) in [4.78, 5) is 9.51. The highest BCUT2D eigenvalue weighted by atomic mass is 15.2. The Morgan fingerprint density at radius 1 is 0.897 bits per heavy atom. The number of benzene rings is 3. The van der Waals surface area contributed by atoms with Crippen molar-refractivity contribution in [3.63, 3.8) is 0 Å². The molecule has 1 saturated carbocycles. The van der Waals surface area contributed by atoms with Gasteiger partial charge < -0.3 is 5.32 Å². The molecule has 0 saturated heterocycles. The zero-order valence-corrected chi connectivity index (χ0v) is 15.7. The highest BCUT2D eigenvalue weighted by Gasteiger charge is 2.41. The summed E-state index contributed by atoms with van der Waals surface area (Å²) >= 11 is 0. The number of nitrogens with one attached hydrogen (secondary N) is 2. The van der Waals surface area contributed by atoms with E-state index >= 15 is 0 Å². The number of H-pyrrole nitrogens is 1. The van der Waals surface area contributed by atoms with Crippen molar-refractivity contribution < 1.29 is 0 Å². The molecule has 2 unspecified atom stereocenters. The van der Waals surface area contributed by atoms with Crippen LogP contribution in [0.4, 0.5) is 11.5 Å². The van der Waals surface area contributed by atoms with Crippen LogP contribution in [0, 0.1) is 0 Å². The number of para-hydroxylation sites is 1. The second-order valence-electron chi connectivity index (χ2n) is 7.60. The number of hydrogen-bond acceptors (Lipinski definition) is 4. The molecule has 1 aliphatic carbocycles. The molecule has 0 bridgehead atoms. The minimum Gasteiger partial charge on any atom is -0.338 e. The van der Waals surface area contributed by atoms with Crippen LogP contribution in [0.15, 0.2) is 79.0 Å². The fourth-order valence-corrected chi connectivity index (χ4v) is 4.05. The molecule has 3 aromatic carbocycles. The van der Waals surface area contributed by atoms with Crippen LogP contribution in [0.2, 0.25) is 0 Å². The van der Waals surface area contributed by atoms with Gasteiger partial charge in [-0.05, 0) is 48.2 Å². The van der Waals surface area contributed by atoms with Crippen LogP contribution in [0.1, 0.15) is 29.6 Å². The Labute approximate surface area is 167 Å². The lowest BCUT2D eigenvalue weighted by Gasteiger charge is -2.06. The molecule has 2 atom stereocenters. The quantitative estimate of drug-likeness (QED) is 0.433. The van der Waals surface area contributed by atoms with Crippen molar-refractivity contribution in [2.24, 2.45) is 0 Å². The maximum Gasteiger partial charge on any atom is 0.160 e. The summed E-state index contributed by atoms with van der Waals surface area (Å²) in [5.41, 5.74) is 4.35. The smallest absolute Gasteiger partial charge is 0.160 e. The highest BCUT2D eigenvalue weighted by molar-refractivity contribution is 5.92. The maximum atomic E-state index is 4.84. The van der Waals surface area contributed by atoms with Crippen molar-refractivity contribution in [2.45, 2.75) is 18.3 Å². The van der Waals surface area contributed by atoms with Gasteiger partial charge in [0.25, 0.3) is 0 Å². The zero-order chi connectivity index (χ0) is 19.2. The Hall–Kier alpha value is -3.73. The predicted molar refractivity (Wildman–Crippen MR) is 115 cm³/mol. The molecule has 6 rings (SSSR count). The zero-order valence-electron chi connectivity index (χ0n) is 15.7. The average Bonchev–Trinajstić information content (AvgIpc) is 3.49. The number of nitrogens with zero attached hydrogens (tertiary/aromatic N) is 3. The molecular weight excluding hydrogens is 358 g/mol. The summed E-state index contributed by atoms with van der Waals surface area (Å²) in [7, 11) is 0. The Kier molecular flexibility index (Phi) is 3.59. The molecule has 1 aliphatic rings. The monoisotopic (exact) mass is 377 g/mol. The number of hydrogen-bond donors (Lipinski definition) is 2. The van der Waals surface area contributed by atoms with Crippen molar-refractivity contribution in [2.75, 3.05) is 5.32 Å². The number of fused-ring (bicyclic) bond motifs is 2. The molecule has 2 heterocycles. The van der Waals surface area contributed by atoms with Crippen molar-refractivity contribution >= 4 is 33.3 Å². The molecule has 0 amide bonds. The molecule has 5 heteroatoms. The topological polar surface area (TPSA) is 66.5 Å². The van der Waals surface area contributed by atoms with Crippen molar-refractivity contribution in [1.82, 2.24) is 20.2 Å². The molecule has 0 spiro atoms. The Bertz CT molecular complexity index is 1330. The van der Waals surface area contributed by atoms with E-state index in [-0.39, 0.29) is 0 Å². The summed E-state index contributed by atoms with van der Waals surface area (Å²) in [5.74, 6) is 2.74. The minimum absolute atomic E-state index is 0.426. The number of rotatable bonds is 4. The van der Waals surface area contributed by atoms with E-state index in [1.165, 1.54) is 5.56 Å². The summed E-state index contributed by atoms with van der Waals surface area (Å²) in [6.07, 6.45) is 3.06. The highest BCUT2D eigenvalue weighted by Crippen LogP contribution is 2.53. The van der Waals surface area contributed by atoms with Gasteiger partial charge in [0.1, 0.15) is 5.82 Å². The molecule has 140 valence electrons. The molecule has 1 fully saturated rings. The lowest BCUT2D eigenvalue weighted by Crippen LogP contribution is -1.96. The third-order valence-electron chi connectivity index (χ3n) is 5.68. The van der Waals surface area contributed by atoms with E-state index in [4.69, 9.17) is 4.98 Å². The first-order valence-corrected chi connectivity index (χ1v) is 9.87. The molecule has 0 aliphatic heterocycles. The van der Waals surface area contributed by atoms with E-state index in [9.17, 15) is 0 Å². The van der Waals surface area contributed by atoms with Gasteiger partial charge in [-0.1, -0.05) is 42.5 Å². The first-order chi connectivity index (χ1) is 14.3. The van der Waals surface area contributed by atoms with Crippen LogP contribution < -0.4 is 5.32 Å². The lowest BCUT2D eigenvalue weighted by molar-refractivity contribution is 0.910. The lowest BCUT2D eigenvalue weighted by atomic mass is 10.1. The van der Waals surface area contributed by atoms with E-state index in [1.54, 1.807) is 0 Å². The van der Waals surface area contributed by atoms with Gasteiger partial charge in [-0.3, -0.25) is 5.10 Å². The first kappa shape index (κ1) is 16.2. The van der Waals surface area contributed by atoms with Gasteiger partial charge in [0.2, 0.25) is 0 Å². The molecule has 2 N–H and O–H groups in total. The van der Waals surface area contributed by atoms with Crippen LogP contribution in [0.5, 0.6) is 0 Å². The van der Waals surface area contributed by atoms with Crippen LogP contribution in [0.25, 0.3) is 21.8 Å². The standard InChI is InChI=1S/C24H19N5/c1-2-6-15(7-3-1)19-13-20(19)23-25-14-16-12-17(10-11-21(16)27-23)26-24-18-8-4-5-9-22(18)28-29-24/h1-12,14,19-20H,13H2,(H2,26,28,29). The fourth-order valence-electron chi connectivity index (χ4n) is 4.05. The number of aromatic amines is 1. The Morgan fingerprint density at radius 2 is 1.76 bits per heavy atom. The SMILES string of the molecule is c1ccc(C2CC2c2ncc3cc(Nc4n[nH]c5ccccc45)ccc3n2)cc1. The van der Waals surface area contributed by atoms with Gasteiger partial charge in [0.05, 0.1) is 11.0 Å². The van der Waals surface area contributed by atoms with Crippen LogP contribution in [-0.2, 0) is 0 Å². The minimum atomic E-state index is 0.426. The molecular formula is C24H19N5. The van der Waals surface area contributed by atoms with E-state index < -0.39 is 0 Å². The van der Waals surface area contributed by atoms with Crippen molar-refractivity contribution in [3.8, 4) is 0 Å².